The van der Waals surface area contributed by atoms with Gasteiger partial charge in [-0.3, -0.25) is 4.98 Å². The highest BCUT2D eigenvalue weighted by molar-refractivity contribution is 5.95. The van der Waals surface area contributed by atoms with Gasteiger partial charge in [-0.25, -0.2) is 14.5 Å². The summed E-state index contributed by atoms with van der Waals surface area (Å²) in [6, 6.07) is -0.594. The molecule has 0 spiro atoms. The zero-order valence-corrected chi connectivity index (χ0v) is 13.2. The van der Waals surface area contributed by atoms with Crippen LogP contribution < -0.4 is 15.0 Å². The van der Waals surface area contributed by atoms with Gasteiger partial charge in [-0.1, -0.05) is 0 Å². The number of likely N-dealkylation sites (tertiary alicyclic amines) is 1. The second kappa shape index (κ2) is 6.27. The van der Waals surface area contributed by atoms with Crippen LogP contribution in [-0.4, -0.2) is 78.2 Å². The van der Waals surface area contributed by atoms with Crippen molar-refractivity contribution in [3.8, 4) is 5.88 Å². The zero-order valence-electron chi connectivity index (χ0n) is 13.2. The van der Waals surface area contributed by atoms with E-state index >= 15 is 0 Å². The Hall–Kier alpha value is -2.58. The Kier molecular flexibility index (Phi) is 4.18. The van der Waals surface area contributed by atoms with Gasteiger partial charge in [0, 0.05) is 40.2 Å². The standard InChI is InChI=1S/C14H20N6O3/c1-18(2)11-7-15-8-12(17-11)23-10-3-5-19(9-10)14(22)20-6-4-16-13(20)21/h7-8,10H,3-6,9H2,1-2H3,(H,16,21)/t10-/m1/s1. The molecule has 0 aliphatic carbocycles. The molecule has 9 nitrogen and oxygen atoms in total. The second-order valence-electron chi connectivity index (χ2n) is 5.75. The monoisotopic (exact) mass is 320 g/mol. The van der Waals surface area contributed by atoms with E-state index in [1.807, 2.05) is 19.0 Å². The first-order valence-corrected chi connectivity index (χ1v) is 7.55. The number of rotatable bonds is 3. The van der Waals surface area contributed by atoms with Crippen molar-refractivity contribution in [1.29, 1.82) is 0 Å². The molecule has 124 valence electrons. The number of hydrogen-bond donors (Lipinski definition) is 1. The summed E-state index contributed by atoms with van der Waals surface area (Å²) < 4.78 is 5.82. The van der Waals surface area contributed by atoms with Crippen LogP contribution in [0.2, 0.25) is 0 Å². The minimum absolute atomic E-state index is 0.142. The van der Waals surface area contributed by atoms with Gasteiger partial charge in [0.1, 0.15) is 6.10 Å². The number of nitrogens with zero attached hydrogens (tertiary/aromatic N) is 5. The zero-order chi connectivity index (χ0) is 16.4. The van der Waals surface area contributed by atoms with Gasteiger partial charge in [0.05, 0.1) is 18.9 Å². The van der Waals surface area contributed by atoms with E-state index in [2.05, 4.69) is 15.3 Å². The molecule has 0 radical (unpaired) electrons. The number of amides is 4. The van der Waals surface area contributed by atoms with Gasteiger partial charge >= 0.3 is 12.1 Å². The number of hydrogen-bond acceptors (Lipinski definition) is 6. The summed E-state index contributed by atoms with van der Waals surface area (Å²) in [5, 5.41) is 2.63. The van der Waals surface area contributed by atoms with Gasteiger partial charge in [-0.05, 0) is 0 Å². The molecule has 0 bridgehead atoms. The first-order chi connectivity index (χ1) is 11.0. The first kappa shape index (κ1) is 15.3. The Morgan fingerprint density at radius 2 is 2.22 bits per heavy atom. The van der Waals surface area contributed by atoms with E-state index in [4.69, 9.17) is 4.74 Å². The second-order valence-corrected chi connectivity index (χ2v) is 5.75. The third kappa shape index (κ3) is 3.27. The van der Waals surface area contributed by atoms with Crippen molar-refractivity contribution in [3.05, 3.63) is 12.4 Å². The highest BCUT2D eigenvalue weighted by atomic mass is 16.5. The fourth-order valence-electron chi connectivity index (χ4n) is 2.60. The van der Waals surface area contributed by atoms with Gasteiger partial charge in [0.15, 0.2) is 5.82 Å². The normalized spacial score (nSPS) is 20.6. The van der Waals surface area contributed by atoms with Crippen LogP contribution in [0.3, 0.4) is 0 Å². The smallest absolute Gasteiger partial charge is 0.328 e. The van der Waals surface area contributed by atoms with E-state index in [1.165, 1.54) is 4.90 Å². The Morgan fingerprint density at radius 3 is 2.91 bits per heavy atom. The quantitative estimate of drug-likeness (QED) is 0.852. The molecular weight excluding hydrogens is 300 g/mol. The minimum Gasteiger partial charge on any atom is -0.471 e. The Bertz CT molecular complexity index is 608. The van der Waals surface area contributed by atoms with Crippen LogP contribution in [-0.2, 0) is 0 Å². The molecule has 2 aliphatic heterocycles. The van der Waals surface area contributed by atoms with Crippen molar-refractivity contribution in [2.24, 2.45) is 0 Å². The lowest BCUT2D eigenvalue weighted by Gasteiger charge is -2.21. The molecule has 0 aromatic carbocycles. The lowest BCUT2D eigenvalue weighted by atomic mass is 10.3. The van der Waals surface area contributed by atoms with Crippen molar-refractivity contribution in [3.63, 3.8) is 0 Å². The molecule has 0 unspecified atom stereocenters. The number of imide groups is 1. The van der Waals surface area contributed by atoms with Crippen LogP contribution in [0.5, 0.6) is 5.88 Å². The van der Waals surface area contributed by atoms with Crippen molar-refractivity contribution < 1.29 is 14.3 Å². The molecule has 23 heavy (non-hydrogen) atoms. The fraction of sp³-hybridized carbons (Fsp3) is 0.571. The molecule has 4 amide bonds. The highest BCUT2D eigenvalue weighted by Crippen LogP contribution is 2.19. The number of aromatic nitrogens is 2. The van der Waals surface area contributed by atoms with E-state index in [1.54, 1.807) is 17.3 Å². The van der Waals surface area contributed by atoms with Crippen molar-refractivity contribution in [2.45, 2.75) is 12.5 Å². The van der Waals surface area contributed by atoms with E-state index < -0.39 is 0 Å². The molecule has 9 heteroatoms. The van der Waals surface area contributed by atoms with Crippen LogP contribution in [0, 0.1) is 0 Å². The Morgan fingerprint density at radius 1 is 1.39 bits per heavy atom. The summed E-state index contributed by atoms with van der Waals surface area (Å²) >= 11 is 0. The van der Waals surface area contributed by atoms with Crippen molar-refractivity contribution >= 4 is 17.9 Å². The molecule has 1 N–H and O–H groups in total. The van der Waals surface area contributed by atoms with Crippen molar-refractivity contribution in [1.82, 2.24) is 25.1 Å². The molecule has 2 aliphatic rings. The van der Waals surface area contributed by atoms with E-state index in [0.29, 0.717) is 44.3 Å². The molecule has 1 aromatic heterocycles. The van der Waals surface area contributed by atoms with Crippen LogP contribution in [0.25, 0.3) is 0 Å². The number of urea groups is 2. The van der Waals surface area contributed by atoms with E-state index in [-0.39, 0.29) is 18.2 Å². The lowest BCUT2D eigenvalue weighted by Crippen LogP contribution is -2.44. The average molecular weight is 320 g/mol. The molecule has 2 saturated heterocycles. The largest absolute Gasteiger partial charge is 0.471 e. The Labute approximate surface area is 134 Å². The van der Waals surface area contributed by atoms with Crippen LogP contribution in [0.15, 0.2) is 12.4 Å². The number of carbonyl (C=O) groups excluding carboxylic acids is 2. The van der Waals surface area contributed by atoms with Crippen LogP contribution in [0.1, 0.15) is 6.42 Å². The number of nitrogens with one attached hydrogen (secondary N) is 1. The molecule has 0 saturated carbocycles. The summed E-state index contributed by atoms with van der Waals surface area (Å²) in [5.74, 6) is 1.15. The predicted octanol–water partition coefficient (Wildman–Crippen LogP) is 0.141. The topological polar surface area (TPSA) is 90.9 Å². The lowest BCUT2D eigenvalue weighted by molar-refractivity contribution is 0.160. The number of carbonyl (C=O) groups is 2. The van der Waals surface area contributed by atoms with Crippen LogP contribution in [0.4, 0.5) is 15.4 Å². The fourth-order valence-corrected chi connectivity index (χ4v) is 2.60. The van der Waals surface area contributed by atoms with Gasteiger partial charge in [0.2, 0.25) is 5.88 Å². The predicted molar refractivity (Wildman–Crippen MR) is 82.5 cm³/mol. The summed E-state index contributed by atoms with van der Waals surface area (Å²) in [6.45, 7) is 1.92. The molecular formula is C14H20N6O3. The van der Waals surface area contributed by atoms with E-state index in [0.717, 1.165) is 0 Å². The van der Waals surface area contributed by atoms with Gasteiger partial charge in [-0.15, -0.1) is 0 Å². The molecule has 3 heterocycles. The molecule has 1 aromatic rings. The summed E-state index contributed by atoms with van der Waals surface area (Å²) in [7, 11) is 3.76. The maximum atomic E-state index is 12.3. The third-order valence-electron chi connectivity index (χ3n) is 3.85. The molecule has 1 atom stereocenters. The summed E-state index contributed by atoms with van der Waals surface area (Å²) in [6.07, 6.45) is 3.78. The SMILES string of the molecule is CN(C)c1cncc(O[C@@H]2CCN(C(=O)N3CCNC3=O)C2)n1. The van der Waals surface area contributed by atoms with Crippen LogP contribution >= 0.6 is 0 Å². The maximum Gasteiger partial charge on any atom is 0.328 e. The van der Waals surface area contributed by atoms with Gasteiger partial charge < -0.3 is 19.9 Å². The minimum atomic E-state index is -0.330. The number of ether oxygens (including phenoxy) is 1. The van der Waals surface area contributed by atoms with Gasteiger partial charge in [0.25, 0.3) is 0 Å². The highest BCUT2D eigenvalue weighted by Gasteiger charge is 2.35. The Balaban J connectivity index is 1.58. The summed E-state index contributed by atoms with van der Waals surface area (Å²) in [5.41, 5.74) is 0. The van der Waals surface area contributed by atoms with Crippen molar-refractivity contribution in [2.75, 3.05) is 45.2 Å². The molecule has 2 fully saturated rings. The molecule has 3 rings (SSSR count). The maximum absolute atomic E-state index is 12.3. The first-order valence-electron chi connectivity index (χ1n) is 7.55. The van der Waals surface area contributed by atoms with E-state index in [9.17, 15) is 9.59 Å². The number of anilines is 1. The average Bonchev–Trinajstić information content (AvgIpc) is 3.16. The summed E-state index contributed by atoms with van der Waals surface area (Å²) in [4.78, 5) is 37.0. The van der Waals surface area contributed by atoms with Gasteiger partial charge in [-0.2, -0.15) is 4.98 Å². The third-order valence-corrected chi connectivity index (χ3v) is 3.85.